The maximum atomic E-state index is 8.54. The van der Waals surface area contributed by atoms with Crippen molar-refractivity contribution >= 4 is 0 Å². The molecule has 0 aromatic heterocycles. The van der Waals surface area contributed by atoms with Gasteiger partial charge in [0.05, 0.1) is 12.6 Å². The molecule has 1 saturated heterocycles. The Morgan fingerprint density at radius 3 is 2.45 bits per heavy atom. The van der Waals surface area contributed by atoms with Crippen LogP contribution >= 0.6 is 0 Å². The Bertz CT molecular complexity index is 151. The van der Waals surface area contributed by atoms with Crippen LogP contribution in [0.3, 0.4) is 0 Å². The monoisotopic (exact) mass is 153 g/mol. The van der Waals surface area contributed by atoms with Crippen LogP contribution in [0.4, 0.5) is 0 Å². The quantitative estimate of drug-likeness (QED) is 0.547. The van der Waals surface area contributed by atoms with Crippen LogP contribution < -0.4 is 5.32 Å². The number of piperazine rings is 1. The fourth-order valence-electron chi connectivity index (χ4n) is 1.56. The van der Waals surface area contributed by atoms with Crippen LogP contribution in [0.25, 0.3) is 0 Å². The first kappa shape index (κ1) is 8.51. The van der Waals surface area contributed by atoms with Crippen LogP contribution in [0.2, 0.25) is 0 Å². The lowest BCUT2D eigenvalue weighted by molar-refractivity contribution is 0.135. The second-order valence-electron chi connectivity index (χ2n) is 3.19. The maximum Gasteiger partial charge on any atom is 0.0871 e. The van der Waals surface area contributed by atoms with Crippen LogP contribution in [0.5, 0.6) is 0 Å². The molecule has 3 nitrogen and oxygen atoms in total. The van der Waals surface area contributed by atoms with Crippen LogP contribution in [0.1, 0.15) is 13.8 Å². The third kappa shape index (κ3) is 1.92. The first-order chi connectivity index (χ1) is 5.25. The Balaban J connectivity index is 2.49. The van der Waals surface area contributed by atoms with E-state index in [4.69, 9.17) is 5.26 Å². The van der Waals surface area contributed by atoms with Crippen molar-refractivity contribution in [3.63, 3.8) is 0 Å². The summed E-state index contributed by atoms with van der Waals surface area (Å²) >= 11 is 0. The van der Waals surface area contributed by atoms with Gasteiger partial charge < -0.3 is 5.32 Å². The maximum absolute atomic E-state index is 8.54. The molecule has 1 N–H and O–H groups in total. The fourth-order valence-corrected chi connectivity index (χ4v) is 1.56. The number of nitrogens with one attached hydrogen (secondary N) is 1. The first-order valence-electron chi connectivity index (χ1n) is 4.09. The molecule has 1 rings (SSSR count). The summed E-state index contributed by atoms with van der Waals surface area (Å²) in [6.07, 6.45) is 0. The van der Waals surface area contributed by atoms with Gasteiger partial charge in [0, 0.05) is 25.2 Å². The highest BCUT2D eigenvalue weighted by Crippen LogP contribution is 2.07. The number of hydrogen-bond donors (Lipinski definition) is 1. The van der Waals surface area contributed by atoms with Crippen molar-refractivity contribution in [2.24, 2.45) is 0 Å². The van der Waals surface area contributed by atoms with Crippen LogP contribution in [-0.4, -0.2) is 36.6 Å². The molecule has 0 spiro atoms. The van der Waals surface area contributed by atoms with Gasteiger partial charge in [-0.25, -0.2) is 0 Å². The molecule has 0 radical (unpaired) electrons. The van der Waals surface area contributed by atoms with E-state index in [-0.39, 0.29) is 0 Å². The van der Waals surface area contributed by atoms with Crippen molar-refractivity contribution < 1.29 is 0 Å². The third-order valence-corrected chi connectivity index (χ3v) is 2.27. The second-order valence-corrected chi connectivity index (χ2v) is 3.19. The zero-order valence-corrected chi connectivity index (χ0v) is 7.17. The predicted octanol–water partition coefficient (Wildman–Crippen LogP) is 0.192. The fraction of sp³-hybridized carbons (Fsp3) is 0.875. The highest BCUT2D eigenvalue weighted by atomic mass is 15.2. The summed E-state index contributed by atoms with van der Waals surface area (Å²) in [6.45, 7) is 6.88. The first-order valence-corrected chi connectivity index (χ1v) is 4.09. The Hall–Kier alpha value is -0.590. The summed E-state index contributed by atoms with van der Waals surface area (Å²) in [5.74, 6) is 0. The van der Waals surface area contributed by atoms with Crippen molar-refractivity contribution in [3.05, 3.63) is 0 Å². The zero-order chi connectivity index (χ0) is 8.27. The molecule has 1 fully saturated rings. The molecule has 3 heteroatoms. The molecule has 0 aliphatic carbocycles. The van der Waals surface area contributed by atoms with Gasteiger partial charge in [-0.05, 0) is 13.8 Å². The van der Waals surface area contributed by atoms with Gasteiger partial charge in [-0.3, -0.25) is 4.90 Å². The molecule has 0 amide bonds. The Morgan fingerprint density at radius 1 is 1.45 bits per heavy atom. The third-order valence-electron chi connectivity index (χ3n) is 2.27. The average Bonchev–Trinajstić information content (AvgIpc) is 1.97. The molecule has 2 unspecified atom stereocenters. The molecule has 1 aliphatic heterocycles. The van der Waals surface area contributed by atoms with E-state index >= 15 is 0 Å². The normalized spacial score (nSPS) is 33.2. The highest BCUT2D eigenvalue weighted by molar-refractivity contribution is 4.88. The molecule has 1 aliphatic rings. The molecule has 0 aromatic rings. The Kier molecular flexibility index (Phi) is 2.86. The lowest BCUT2D eigenvalue weighted by Crippen LogP contribution is -2.54. The van der Waals surface area contributed by atoms with Crippen LogP contribution in [0.15, 0.2) is 0 Å². The van der Waals surface area contributed by atoms with E-state index in [2.05, 4.69) is 30.1 Å². The average molecular weight is 153 g/mol. The highest BCUT2D eigenvalue weighted by Gasteiger charge is 2.23. The number of nitriles is 1. The summed E-state index contributed by atoms with van der Waals surface area (Å²) in [5, 5.41) is 11.9. The van der Waals surface area contributed by atoms with Crippen LogP contribution in [0, 0.1) is 11.3 Å². The van der Waals surface area contributed by atoms with Crippen molar-refractivity contribution in [1.29, 1.82) is 5.26 Å². The second kappa shape index (κ2) is 3.70. The van der Waals surface area contributed by atoms with Gasteiger partial charge >= 0.3 is 0 Å². The minimum absolute atomic E-state index is 0.499. The van der Waals surface area contributed by atoms with E-state index in [1.54, 1.807) is 0 Å². The molecule has 11 heavy (non-hydrogen) atoms. The van der Waals surface area contributed by atoms with Gasteiger partial charge in [-0.15, -0.1) is 0 Å². The Morgan fingerprint density at radius 2 is 2.00 bits per heavy atom. The van der Waals surface area contributed by atoms with Crippen molar-refractivity contribution in [3.8, 4) is 6.07 Å². The van der Waals surface area contributed by atoms with E-state index in [0.717, 1.165) is 13.1 Å². The number of nitrogens with zero attached hydrogens (tertiary/aromatic N) is 2. The molecule has 62 valence electrons. The van der Waals surface area contributed by atoms with Gasteiger partial charge in [-0.1, -0.05) is 0 Å². The minimum Gasteiger partial charge on any atom is -0.314 e. The van der Waals surface area contributed by atoms with Crippen molar-refractivity contribution in [2.45, 2.75) is 25.9 Å². The largest absolute Gasteiger partial charge is 0.314 e. The molecule has 0 aromatic carbocycles. The van der Waals surface area contributed by atoms with Gasteiger partial charge in [0.1, 0.15) is 0 Å². The lowest BCUT2D eigenvalue weighted by Gasteiger charge is -2.37. The summed E-state index contributed by atoms with van der Waals surface area (Å²) in [7, 11) is 0. The SMILES string of the molecule is CC1CNCC(C)N1CC#N. The summed E-state index contributed by atoms with van der Waals surface area (Å²) < 4.78 is 0. The molecule has 0 saturated carbocycles. The molecule has 0 bridgehead atoms. The standard InChI is InChI=1S/C8H15N3/c1-7-5-10-6-8(2)11(7)4-3-9/h7-8,10H,4-6H2,1-2H3. The molecular weight excluding hydrogens is 138 g/mol. The summed E-state index contributed by atoms with van der Waals surface area (Å²) in [5.41, 5.74) is 0. The lowest BCUT2D eigenvalue weighted by atomic mass is 10.1. The van der Waals surface area contributed by atoms with Crippen molar-refractivity contribution in [2.75, 3.05) is 19.6 Å². The van der Waals surface area contributed by atoms with E-state index in [1.165, 1.54) is 0 Å². The van der Waals surface area contributed by atoms with E-state index < -0.39 is 0 Å². The minimum atomic E-state index is 0.499. The van der Waals surface area contributed by atoms with Crippen molar-refractivity contribution in [1.82, 2.24) is 10.2 Å². The van der Waals surface area contributed by atoms with Crippen LogP contribution in [-0.2, 0) is 0 Å². The van der Waals surface area contributed by atoms with Gasteiger partial charge in [0.25, 0.3) is 0 Å². The van der Waals surface area contributed by atoms with E-state index in [9.17, 15) is 0 Å². The smallest absolute Gasteiger partial charge is 0.0871 e. The van der Waals surface area contributed by atoms with Gasteiger partial charge in [0.15, 0.2) is 0 Å². The molecule has 2 atom stereocenters. The number of hydrogen-bond acceptors (Lipinski definition) is 3. The molecule has 1 heterocycles. The topological polar surface area (TPSA) is 39.1 Å². The predicted molar refractivity (Wildman–Crippen MR) is 44.1 cm³/mol. The van der Waals surface area contributed by atoms with Gasteiger partial charge in [0.2, 0.25) is 0 Å². The number of rotatable bonds is 1. The Labute approximate surface area is 68.0 Å². The zero-order valence-electron chi connectivity index (χ0n) is 7.17. The summed E-state index contributed by atoms with van der Waals surface area (Å²) in [6, 6.07) is 3.19. The van der Waals surface area contributed by atoms with E-state index in [1.807, 2.05) is 0 Å². The summed E-state index contributed by atoms with van der Waals surface area (Å²) in [4.78, 5) is 2.23. The van der Waals surface area contributed by atoms with E-state index in [0.29, 0.717) is 18.6 Å². The molecular formula is C8H15N3. The van der Waals surface area contributed by atoms with Gasteiger partial charge in [-0.2, -0.15) is 5.26 Å².